The van der Waals surface area contributed by atoms with Gasteiger partial charge in [0, 0.05) is 11.4 Å². The first-order valence-corrected chi connectivity index (χ1v) is 8.85. The molecule has 2 amide bonds. The molecule has 22 heavy (non-hydrogen) atoms. The van der Waals surface area contributed by atoms with E-state index < -0.39 is 6.04 Å². The maximum Gasteiger partial charge on any atom is 0.264 e. The normalized spacial score (nSPS) is 17.7. The van der Waals surface area contributed by atoms with Crippen LogP contribution >= 0.6 is 22.7 Å². The smallest absolute Gasteiger partial charge is 0.264 e. The molecule has 0 saturated carbocycles. The lowest BCUT2D eigenvalue weighted by Gasteiger charge is -2.22. The Hall–Kier alpha value is -1.73. The van der Waals surface area contributed by atoms with E-state index >= 15 is 0 Å². The highest BCUT2D eigenvalue weighted by molar-refractivity contribution is 7.15. The van der Waals surface area contributed by atoms with Crippen LogP contribution in [0.3, 0.4) is 0 Å². The zero-order valence-electron chi connectivity index (χ0n) is 12.5. The van der Waals surface area contributed by atoms with Gasteiger partial charge in [0.2, 0.25) is 5.91 Å². The van der Waals surface area contributed by atoms with E-state index in [1.807, 2.05) is 25.3 Å². The molecule has 0 aromatic carbocycles. The van der Waals surface area contributed by atoms with Crippen LogP contribution in [-0.4, -0.2) is 34.3 Å². The van der Waals surface area contributed by atoms with Gasteiger partial charge in [-0.3, -0.25) is 9.59 Å². The molecule has 0 bridgehead atoms. The molecule has 1 N–H and O–H groups in total. The highest BCUT2D eigenvalue weighted by atomic mass is 32.1. The van der Waals surface area contributed by atoms with Crippen molar-refractivity contribution in [3.63, 3.8) is 0 Å². The number of anilines is 1. The number of rotatable bonds is 3. The maximum absolute atomic E-state index is 12.5. The lowest BCUT2D eigenvalue weighted by Crippen LogP contribution is -2.42. The molecule has 2 aromatic heterocycles. The monoisotopic (exact) mass is 335 g/mol. The molecule has 0 spiro atoms. The van der Waals surface area contributed by atoms with Crippen LogP contribution in [0.15, 0.2) is 17.5 Å². The fourth-order valence-corrected chi connectivity index (χ4v) is 4.04. The molecule has 1 saturated heterocycles. The first-order chi connectivity index (χ1) is 10.6. The highest BCUT2D eigenvalue weighted by Gasteiger charge is 2.35. The second kappa shape index (κ2) is 6.18. The van der Waals surface area contributed by atoms with E-state index in [0.717, 1.165) is 17.0 Å². The predicted molar refractivity (Wildman–Crippen MR) is 88.6 cm³/mol. The van der Waals surface area contributed by atoms with E-state index in [0.29, 0.717) is 23.0 Å². The van der Waals surface area contributed by atoms with Crippen molar-refractivity contribution in [2.75, 3.05) is 11.9 Å². The Labute approximate surface area is 137 Å². The third kappa shape index (κ3) is 2.91. The average Bonchev–Trinajstić information content (AvgIpc) is 3.20. The summed E-state index contributed by atoms with van der Waals surface area (Å²) in [6.07, 6.45) is 1.55. The summed E-state index contributed by atoms with van der Waals surface area (Å²) in [4.78, 5) is 32.7. The van der Waals surface area contributed by atoms with E-state index in [1.165, 1.54) is 22.7 Å². The zero-order chi connectivity index (χ0) is 15.7. The molecule has 7 heteroatoms. The number of hydrogen-bond acceptors (Lipinski definition) is 5. The van der Waals surface area contributed by atoms with Gasteiger partial charge in [-0.05, 0) is 38.1 Å². The number of carbonyl (C=O) groups is 2. The van der Waals surface area contributed by atoms with Crippen molar-refractivity contribution in [2.24, 2.45) is 0 Å². The fraction of sp³-hybridized carbons (Fsp3) is 0.400. The van der Waals surface area contributed by atoms with Gasteiger partial charge in [0.25, 0.3) is 5.91 Å². The van der Waals surface area contributed by atoms with Gasteiger partial charge in [0.15, 0.2) is 5.13 Å². The van der Waals surface area contributed by atoms with Crippen LogP contribution in [0.2, 0.25) is 0 Å². The van der Waals surface area contributed by atoms with Gasteiger partial charge in [-0.15, -0.1) is 22.7 Å². The first kappa shape index (κ1) is 15.2. The maximum atomic E-state index is 12.5. The third-order valence-electron chi connectivity index (χ3n) is 3.81. The zero-order valence-corrected chi connectivity index (χ0v) is 14.1. The first-order valence-electron chi connectivity index (χ1n) is 7.15. The summed E-state index contributed by atoms with van der Waals surface area (Å²) in [6.45, 7) is 4.53. The fourth-order valence-electron chi connectivity index (χ4n) is 2.54. The Morgan fingerprint density at radius 1 is 1.41 bits per heavy atom. The van der Waals surface area contributed by atoms with Crippen molar-refractivity contribution in [3.8, 4) is 0 Å². The third-order valence-corrected chi connectivity index (χ3v) is 5.65. The summed E-state index contributed by atoms with van der Waals surface area (Å²) in [5.74, 6) is -0.199. The number of carbonyl (C=O) groups excluding carboxylic acids is 2. The minimum Gasteiger partial charge on any atom is -0.326 e. The van der Waals surface area contributed by atoms with E-state index in [4.69, 9.17) is 0 Å². The second-order valence-electron chi connectivity index (χ2n) is 5.28. The Morgan fingerprint density at radius 2 is 2.23 bits per heavy atom. The van der Waals surface area contributed by atoms with Crippen molar-refractivity contribution < 1.29 is 9.59 Å². The summed E-state index contributed by atoms with van der Waals surface area (Å²) in [5, 5.41) is 5.34. The summed E-state index contributed by atoms with van der Waals surface area (Å²) < 4.78 is 0. The van der Waals surface area contributed by atoms with Crippen LogP contribution in [0, 0.1) is 13.8 Å². The number of aromatic nitrogens is 1. The summed E-state index contributed by atoms with van der Waals surface area (Å²) in [6, 6.07) is 3.25. The molecule has 0 radical (unpaired) electrons. The Bertz CT molecular complexity index is 674. The van der Waals surface area contributed by atoms with Crippen molar-refractivity contribution in [2.45, 2.75) is 32.7 Å². The van der Waals surface area contributed by atoms with Gasteiger partial charge < -0.3 is 10.2 Å². The topological polar surface area (TPSA) is 62.3 Å². The minimum absolute atomic E-state index is 0.0563. The second-order valence-corrected chi connectivity index (χ2v) is 7.43. The summed E-state index contributed by atoms with van der Waals surface area (Å²) in [7, 11) is 0. The number of nitrogens with one attached hydrogen (secondary N) is 1. The van der Waals surface area contributed by atoms with Crippen molar-refractivity contribution in [1.82, 2.24) is 9.88 Å². The summed E-state index contributed by atoms with van der Waals surface area (Å²) >= 11 is 2.87. The lowest BCUT2D eigenvalue weighted by molar-refractivity contribution is -0.119. The predicted octanol–water partition coefficient (Wildman–Crippen LogP) is 3.06. The van der Waals surface area contributed by atoms with Crippen molar-refractivity contribution in [1.29, 1.82) is 0 Å². The number of thiophene rings is 1. The molecule has 1 aliphatic rings. The van der Waals surface area contributed by atoms with E-state index in [-0.39, 0.29) is 11.8 Å². The van der Waals surface area contributed by atoms with E-state index in [2.05, 4.69) is 10.3 Å². The largest absolute Gasteiger partial charge is 0.326 e. The number of hydrogen-bond donors (Lipinski definition) is 1. The van der Waals surface area contributed by atoms with Crippen LogP contribution in [0.5, 0.6) is 0 Å². The minimum atomic E-state index is -0.404. The molecule has 1 fully saturated rings. The molecule has 1 aliphatic heterocycles. The summed E-state index contributed by atoms with van der Waals surface area (Å²) in [5.41, 5.74) is 0.929. The number of likely N-dealkylation sites (tertiary alicyclic amines) is 1. The number of amides is 2. The van der Waals surface area contributed by atoms with Crippen LogP contribution in [0.25, 0.3) is 0 Å². The van der Waals surface area contributed by atoms with Crippen LogP contribution in [0.4, 0.5) is 5.13 Å². The Kier molecular flexibility index (Phi) is 4.26. The van der Waals surface area contributed by atoms with Gasteiger partial charge in [-0.1, -0.05) is 6.07 Å². The quantitative estimate of drug-likeness (QED) is 0.937. The molecule has 1 unspecified atom stereocenters. The standard InChI is InChI=1S/C15H17N3O2S2/c1-9-10(2)22-15(16-9)17-13(19)11-5-3-7-18(11)14(20)12-6-4-8-21-12/h4,6,8,11H,3,5,7H2,1-2H3,(H,16,17,19). The van der Waals surface area contributed by atoms with E-state index in [1.54, 1.807) is 11.0 Å². The Morgan fingerprint density at radius 3 is 2.86 bits per heavy atom. The SMILES string of the molecule is Cc1nc(NC(=O)C2CCCN2C(=O)c2cccs2)sc1C. The van der Waals surface area contributed by atoms with Gasteiger partial charge in [0.1, 0.15) is 6.04 Å². The molecule has 116 valence electrons. The Balaban J connectivity index is 1.72. The molecule has 2 aromatic rings. The van der Waals surface area contributed by atoms with Crippen LogP contribution in [0.1, 0.15) is 33.1 Å². The number of nitrogens with zero attached hydrogens (tertiary/aromatic N) is 2. The number of thiazole rings is 1. The van der Waals surface area contributed by atoms with Crippen LogP contribution < -0.4 is 5.32 Å². The molecule has 0 aliphatic carbocycles. The molecule has 1 atom stereocenters. The number of aryl methyl sites for hydroxylation is 2. The van der Waals surface area contributed by atoms with Gasteiger partial charge >= 0.3 is 0 Å². The van der Waals surface area contributed by atoms with Gasteiger partial charge in [0.05, 0.1) is 10.6 Å². The molecule has 5 nitrogen and oxygen atoms in total. The highest BCUT2D eigenvalue weighted by Crippen LogP contribution is 2.25. The van der Waals surface area contributed by atoms with E-state index in [9.17, 15) is 9.59 Å². The lowest BCUT2D eigenvalue weighted by atomic mass is 10.2. The van der Waals surface area contributed by atoms with Crippen molar-refractivity contribution >= 4 is 39.6 Å². The average molecular weight is 335 g/mol. The van der Waals surface area contributed by atoms with Crippen LogP contribution in [-0.2, 0) is 4.79 Å². The van der Waals surface area contributed by atoms with Crippen molar-refractivity contribution in [3.05, 3.63) is 33.0 Å². The van der Waals surface area contributed by atoms with Gasteiger partial charge in [-0.2, -0.15) is 0 Å². The molecular formula is C15H17N3O2S2. The molecule has 3 heterocycles. The molecular weight excluding hydrogens is 318 g/mol. The van der Waals surface area contributed by atoms with Gasteiger partial charge in [-0.25, -0.2) is 4.98 Å². The molecule has 3 rings (SSSR count).